The van der Waals surface area contributed by atoms with Crippen molar-refractivity contribution in [2.24, 2.45) is 0 Å². The maximum atomic E-state index is 13.6. The van der Waals surface area contributed by atoms with E-state index in [2.05, 4.69) is 0 Å². The molecule has 156 valence electrons. The molecule has 1 atom stereocenters. The van der Waals surface area contributed by atoms with Gasteiger partial charge in [-0.3, -0.25) is 14.5 Å². The summed E-state index contributed by atoms with van der Waals surface area (Å²) in [4.78, 5) is 27.3. The van der Waals surface area contributed by atoms with Crippen LogP contribution in [0.4, 0.5) is 10.1 Å². The number of benzene rings is 3. The van der Waals surface area contributed by atoms with Crippen molar-refractivity contribution in [3.8, 4) is 0 Å². The number of anilines is 1. The van der Waals surface area contributed by atoms with E-state index in [9.17, 15) is 19.1 Å². The van der Waals surface area contributed by atoms with Crippen LogP contribution in [0, 0.1) is 12.7 Å². The third kappa shape index (κ3) is 3.82. The van der Waals surface area contributed by atoms with Gasteiger partial charge in [-0.2, -0.15) is 0 Å². The molecule has 7 heteroatoms. The topological polar surface area (TPSA) is 57.6 Å². The molecule has 0 aromatic heterocycles. The second-order valence-corrected chi connectivity index (χ2v) is 8.00. The Morgan fingerprint density at radius 2 is 1.61 bits per heavy atom. The van der Waals surface area contributed by atoms with Gasteiger partial charge in [0.25, 0.3) is 11.7 Å². The van der Waals surface area contributed by atoms with Gasteiger partial charge >= 0.3 is 0 Å². The number of halogens is 3. The summed E-state index contributed by atoms with van der Waals surface area (Å²) < 4.78 is 13.6. The smallest absolute Gasteiger partial charge is 0.300 e. The lowest BCUT2D eigenvalue weighted by Gasteiger charge is -2.26. The molecule has 0 aliphatic carbocycles. The molecule has 1 heterocycles. The van der Waals surface area contributed by atoms with Gasteiger partial charge in [0.15, 0.2) is 0 Å². The number of carbonyl (C=O) groups is 2. The van der Waals surface area contributed by atoms with E-state index < -0.39 is 23.5 Å². The van der Waals surface area contributed by atoms with Gasteiger partial charge in [-0.15, -0.1) is 0 Å². The number of aliphatic hydroxyl groups is 1. The zero-order chi connectivity index (χ0) is 22.3. The zero-order valence-electron chi connectivity index (χ0n) is 16.3. The van der Waals surface area contributed by atoms with E-state index in [1.54, 1.807) is 42.5 Å². The molecule has 0 saturated carbocycles. The number of aliphatic hydroxyl groups excluding tert-OH is 1. The van der Waals surface area contributed by atoms with Gasteiger partial charge in [0.2, 0.25) is 0 Å². The highest BCUT2D eigenvalue weighted by Crippen LogP contribution is 2.43. The Kier molecular flexibility index (Phi) is 5.56. The molecule has 1 aliphatic rings. The molecule has 31 heavy (non-hydrogen) atoms. The summed E-state index contributed by atoms with van der Waals surface area (Å²) >= 11 is 12.2. The van der Waals surface area contributed by atoms with Gasteiger partial charge in [-0.25, -0.2) is 4.39 Å². The summed E-state index contributed by atoms with van der Waals surface area (Å²) in [6.07, 6.45) is 0. The molecule has 1 fully saturated rings. The highest BCUT2D eigenvalue weighted by Gasteiger charge is 2.47. The Balaban J connectivity index is 1.95. The second kappa shape index (κ2) is 8.17. The summed E-state index contributed by atoms with van der Waals surface area (Å²) in [5.74, 6) is -2.47. The first-order valence-corrected chi connectivity index (χ1v) is 10.1. The molecule has 4 rings (SSSR count). The number of rotatable bonds is 3. The lowest BCUT2D eigenvalue weighted by atomic mass is 9.95. The van der Waals surface area contributed by atoms with Crippen LogP contribution < -0.4 is 4.90 Å². The monoisotopic (exact) mass is 455 g/mol. The number of carbonyl (C=O) groups excluding carboxylic acids is 2. The number of ketones is 1. The maximum absolute atomic E-state index is 13.6. The van der Waals surface area contributed by atoms with E-state index in [1.165, 1.54) is 29.2 Å². The Morgan fingerprint density at radius 3 is 2.23 bits per heavy atom. The van der Waals surface area contributed by atoms with Crippen molar-refractivity contribution in [3.63, 3.8) is 0 Å². The minimum atomic E-state index is -0.963. The van der Waals surface area contributed by atoms with Gasteiger partial charge < -0.3 is 5.11 Å². The molecule has 1 N–H and O–H groups in total. The van der Waals surface area contributed by atoms with Crippen LogP contribution in [0.1, 0.15) is 22.7 Å². The van der Waals surface area contributed by atoms with Crippen LogP contribution in [-0.4, -0.2) is 16.8 Å². The molecule has 3 aromatic carbocycles. The summed E-state index contributed by atoms with van der Waals surface area (Å²) in [6.45, 7) is 1.82. The number of hydrogen-bond donors (Lipinski definition) is 1. The van der Waals surface area contributed by atoms with Crippen molar-refractivity contribution in [2.75, 3.05) is 4.90 Å². The van der Waals surface area contributed by atoms with Crippen LogP contribution in [0.2, 0.25) is 10.0 Å². The normalized spacial score (nSPS) is 17.9. The van der Waals surface area contributed by atoms with Crippen molar-refractivity contribution in [1.29, 1.82) is 0 Å². The second-order valence-electron chi connectivity index (χ2n) is 7.16. The van der Waals surface area contributed by atoms with E-state index in [1.807, 2.05) is 6.92 Å². The third-order valence-electron chi connectivity index (χ3n) is 5.18. The first-order valence-electron chi connectivity index (χ1n) is 9.36. The summed E-state index contributed by atoms with van der Waals surface area (Å²) in [6, 6.07) is 15.7. The molecule has 0 spiro atoms. The van der Waals surface area contributed by atoms with Crippen molar-refractivity contribution in [2.45, 2.75) is 13.0 Å². The molecule has 3 aromatic rings. The predicted octanol–water partition coefficient (Wildman–Crippen LogP) is 6.07. The van der Waals surface area contributed by atoms with Gasteiger partial charge in [0, 0.05) is 21.3 Å². The molecule has 0 radical (unpaired) electrons. The maximum Gasteiger partial charge on any atom is 0.300 e. The summed E-state index contributed by atoms with van der Waals surface area (Å²) in [5, 5.41) is 11.9. The average Bonchev–Trinajstić information content (AvgIpc) is 3.01. The van der Waals surface area contributed by atoms with Crippen molar-refractivity contribution < 1.29 is 19.1 Å². The van der Waals surface area contributed by atoms with Crippen LogP contribution in [-0.2, 0) is 9.59 Å². The number of amides is 1. The quantitative estimate of drug-likeness (QED) is 0.296. The van der Waals surface area contributed by atoms with E-state index >= 15 is 0 Å². The lowest BCUT2D eigenvalue weighted by molar-refractivity contribution is -0.132. The highest BCUT2D eigenvalue weighted by molar-refractivity contribution is 6.51. The fourth-order valence-corrected chi connectivity index (χ4v) is 3.85. The largest absolute Gasteiger partial charge is 0.507 e. The molecular weight excluding hydrogens is 440 g/mol. The number of Topliss-reactive ketones (excluding diaryl/α,β-unsaturated/α-hetero) is 1. The fourth-order valence-electron chi connectivity index (χ4n) is 3.55. The first-order chi connectivity index (χ1) is 14.8. The van der Waals surface area contributed by atoms with Crippen molar-refractivity contribution >= 4 is 46.3 Å². The van der Waals surface area contributed by atoms with Crippen molar-refractivity contribution in [3.05, 3.63) is 105 Å². The molecule has 0 bridgehead atoms. The van der Waals surface area contributed by atoms with Gasteiger partial charge in [0.1, 0.15) is 11.6 Å². The Morgan fingerprint density at radius 1 is 0.968 bits per heavy atom. The molecule has 1 saturated heterocycles. The Bertz CT molecular complexity index is 1220. The van der Waals surface area contributed by atoms with Gasteiger partial charge in [-0.1, -0.05) is 41.4 Å². The third-order valence-corrected chi connectivity index (χ3v) is 5.84. The van der Waals surface area contributed by atoms with Crippen molar-refractivity contribution in [1.82, 2.24) is 0 Å². The van der Waals surface area contributed by atoms with Crippen LogP contribution >= 0.6 is 23.2 Å². The van der Waals surface area contributed by atoms with Crippen LogP contribution in [0.3, 0.4) is 0 Å². The van der Waals surface area contributed by atoms with E-state index in [0.29, 0.717) is 26.9 Å². The van der Waals surface area contributed by atoms with Gasteiger partial charge in [-0.05, 0) is 66.6 Å². The highest BCUT2D eigenvalue weighted by atomic mass is 35.5. The lowest BCUT2D eigenvalue weighted by Crippen LogP contribution is -2.29. The number of aryl methyl sites for hydroxylation is 1. The standard InChI is InChI=1S/C24H16Cl2FNO3/c1-13-2-11-18(12-19(13)26)28-21(14-5-9-17(27)10-6-14)20(23(30)24(28)31)22(29)15-3-7-16(25)8-4-15/h2-12,21,29H,1H3. The van der Waals surface area contributed by atoms with E-state index in [-0.39, 0.29) is 11.3 Å². The molecule has 1 amide bonds. The summed E-state index contributed by atoms with van der Waals surface area (Å²) in [7, 11) is 0. The average molecular weight is 456 g/mol. The van der Waals surface area contributed by atoms with Crippen LogP contribution in [0.5, 0.6) is 0 Å². The molecule has 1 aliphatic heterocycles. The first kappa shape index (κ1) is 21.1. The van der Waals surface area contributed by atoms with Crippen LogP contribution in [0.25, 0.3) is 5.76 Å². The minimum absolute atomic E-state index is 0.101. The minimum Gasteiger partial charge on any atom is -0.507 e. The molecular formula is C24H16Cl2FNO3. The van der Waals surface area contributed by atoms with Gasteiger partial charge in [0.05, 0.1) is 11.6 Å². The molecule has 1 unspecified atom stereocenters. The fraction of sp³-hybridized carbons (Fsp3) is 0.0833. The number of hydrogen-bond acceptors (Lipinski definition) is 3. The molecule has 4 nitrogen and oxygen atoms in total. The van der Waals surface area contributed by atoms with E-state index in [4.69, 9.17) is 23.2 Å². The Hall–Kier alpha value is -3.15. The summed E-state index contributed by atoms with van der Waals surface area (Å²) in [5.41, 5.74) is 1.89. The van der Waals surface area contributed by atoms with Crippen LogP contribution in [0.15, 0.2) is 72.3 Å². The SMILES string of the molecule is Cc1ccc(N2C(=O)C(=O)C(=C(O)c3ccc(Cl)cc3)C2c2ccc(F)cc2)cc1Cl. The zero-order valence-corrected chi connectivity index (χ0v) is 17.8. The van der Waals surface area contributed by atoms with E-state index in [0.717, 1.165) is 5.56 Å². The number of nitrogens with zero attached hydrogens (tertiary/aromatic N) is 1. The predicted molar refractivity (Wildman–Crippen MR) is 119 cm³/mol. The Labute approximate surface area is 188 Å².